The summed E-state index contributed by atoms with van der Waals surface area (Å²) in [7, 11) is 0. The van der Waals surface area contributed by atoms with Crippen LogP contribution < -0.4 is 10.1 Å². The van der Waals surface area contributed by atoms with Crippen molar-refractivity contribution in [3.8, 4) is 11.8 Å². The second-order valence-electron chi connectivity index (χ2n) is 5.23. The van der Waals surface area contributed by atoms with Crippen LogP contribution in [0.4, 0.5) is 5.82 Å². The van der Waals surface area contributed by atoms with Crippen LogP contribution in [0.3, 0.4) is 0 Å². The molecular formula is C18H19N3O2. The molecule has 0 saturated heterocycles. The predicted molar refractivity (Wildman–Crippen MR) is 88.4 cm³/mol. The number of carbonyl (C=O) groups excluding carboxylic acids is 1. The number of amides is 1. The third-order valence-corrected chi connectivity index (χ3v) is 3.32. The number of anilines is 1. The van der Waals surface area contributed by atoms with E-state index < -0.39 is 0 Å². The Hall–Kier alpha value is -2.87. The molecule has 0 aliphatic carbocycles. The summed E-state index contributed by atoms with van der Waals surface area (Å²) in [6.07, 6.45) is 2.67. The first-order valence-electron chi connectivity index (χ1n) is 7.45. The second kappa shape index (κ2) is 7.95. The van der Waals surface area contributed by atoms with E-state index in [4.69, 9.17) is 10.00 Å². The number of aromatic nitrogens is 1. The van der Waals surface area contributed by atoms with Gasteiger partial charge in [-0.1, -0.05) is 17.7 Å². The molecule has 0 spiro atoms. The number of aryl methyl sites for hydroxylation is 2. The van der Waals surface area contributed by atoms with Gasteiger partial charge in [0.2, 0.25) is 0 Å². The standard InChI is InChI=1S/C18H19N3O2/c1-13-7-8-15(14(2)12-13)18(22)21-17-16(6-5-10-20-17)23-11-4-3-9-19/h5-8,10,12H,3-4,11H2,1-2H3,(H,20,21,22). The van der Waals surface area contributed by atoms with Crippen molar-refractivity contribution >= 4 is 11.7 Å². The molecule has 0 unspecified atom stereocenters. The Labute approximate surface area is 135 Å². The summed E-state index contributed by atoms with van der Waals surface area (Å²) in [4.78, 5) is 16.6. The fourth-order valence-corrected chi connectivity index (χ4v) is 2.18. The van der Waals surface area contributed by atoms with E-state index in [9.17, 15) is 4.79 Å². The Kier molecular flexibility index (Phi) is 5.70. The van der Waals surface area contributed by atoms with Crippen molar-refractivity contribution < 1.29 is 9.53 Å². The Morgan fingerprint density at radius 1 is 1.35 bits per heavy atom. The zero-order valence-corrected chi connectivity index (χ0v) is 13.3. The van der Waals surface area contributed by atoms with Crippen molar-refractivity contribution in [2.45, 2.75) is 26.7 Å². The van der Waals surface area contributed by atoms with E-state index in [0.717, 1.165) is 11.1 Å². The molecule has 1 N–H and O–H groups in total. The summed E-state index contributed by atoms with van der Waals surface area (Å²) in [5.74, 6) is 0.668. The molecule has 1 amide bonds. The maximum atomic E-state index is 12.4. The molecule has 2 aromatic rings. The quantitative estimate of drug-likeness (QED) is 0.827. The molecule has 2 rings (SSSR count). The number of rotatable bonds is 6. The highest BCUT2D eigenvalue weighted by atomic mass is 16.5. The number of pyridine rings is 1. The molecule has 118 valence electrons. The highest BCUT2D eigenvalue weighted by molar-refractivity contribution is 6.05. The molecule has 23 heavy (non-hydrogen) atoms. The van der Waals surface area contributed by atoms with Crippen molar-refractivity contribution in [2.24, 2.45) is 0 Å². The zero-order valence-electron chi connectivity index (χ0n) is 13.3. The second-order valence-corrected chi connectivity index (χ2v) is 5.23. The summed E-state index contributed by atoms with van der Waals surface area (Å²) in [5, 5.41) is 11.3. The average molecular weight is 309 g/mol. The SMILES string of the molecule is Cc1ccc(C(=O)Nc2ncccc2OCCCC#N)c(C)c1. The number of unbranched alkanes of at least 4 members (excludes halogenated alkanes) is 1. The topological polar surface area (TPSA) is 75.0 Å². The molecule has 0 bridgehead atoms. The van der Waals surface area contributed by atoms with Crippen LogP contribution in [0.5, 0.6) is 5.75 Å². The van der Waals surface area contributed by atoms with Crippen LogP contribution in [-0.4, -0.2) is 17.5 Å². The van der Waals surface area contributed by atoms with E-state index >= 15 is 0 Å². The highest BCUT2D eigenvalue weighted by Gasteiger charge is 2.13. The van der Waals surface area contributed by atoms with E-state index in [1.165, 1.54) is 0 Å². The van der Waals surface area contributed by atoms with Gasteiger partial charge in [-0.3, -0.25) is 4.79 Å². The lowest BCUT2D eigenvalue weighted by molar-refractivity contribution is 0.102. The van der Waals surface area contributed by atoms with Crippen LogP contribution in [0, 0.1) is 25.2 Å². The minimum Gasteiger partial charge on any atom is -0.490 e. The lowest BCUT2D eigenvalue weighted by Gasteiger charge is -2.12. The average Bonchev–Trinajstić information content (AvgIpc) is 2.53. The minimum atomic E-state index is -0.219. The van der Waals surface area contributed by atoms with E-state index in [2.05, 4.69) is 16.4 Å². The van der Waals surface area contributed by atoms with Crippen LogP contribution >= 0.6 is 0 Å². The van der Waals surface area contributed by atoms with Gasteiger partial charge < -0.3 is 10.1 Å². The molecular weight excluding hydrogens is 290 g/mol. The number of ether oxygens (including phenoxy) is 1. The molecule has 0 saturated carbocycles. The number of nitrogens with zero attached hydrogens (tertiary/aromatic N) is 2. The molecule has 0 aliphatic rings. The third-order valence-electron chi connectivity index (χ3n) is 3.32. The first kappa shape index (κ1) is 16.5. The van der Waals surface area contributed by atoms with Gasteiger partial charge in [0.25, 0.3) is 5.91 Å². The number of nitriles is 1. The Bertz CT molecular complexity index is 735. The molecule has 1 aromatic heterocycles. The van der Waals surface area contributed by atoms with Gasteiger partial charge in [0.1, 0.15) is 0 Å². The Balaban J connectivity index is 2.10. The predicted octanol–water partition coefficient (Wildman–Crippen LogP) is 3.63. The van der Waals surface area contributed by atoms with Crippen LogP contribution in [0.15, 0.2) is 36.5 Å². The summed E-state index contributed by atoms with van der Waals surface area (Å²) >= 11 is 0. The summed E-state index contributed by atoms with van der Waals surface area (Å²) in [6.45, 7) is 4.30. The van der Waals surface area contributed by atoms with Gasteiger partial charge in [0, 0.05) is 18.2 Å². The van der Waals surface area contributed by atoms with E-state index in [-0.39, 0.29) is 5.91 Å². The molecule has 5 heteroatoms. The smallest absolute Gasteiger partial charge is 0.257 e. The lowest BCUT2D eigenvalue weighted by Crippen LogP contribution is -2.15. The van der Waals surface area contributed by atoms with E-state index in [1.54, 1.807) is 24.4 Å². The molecule has 5 nitrogen and oxygen atoms in total. The number of nitrogens with one attached hydrogen (secondary N) is 1. The number of carbonyl (C=O) groups is 1. The monoisotopic (exact) mass is 309 g/mol. The van der Waals surface area contributed by atoms with Crippen molar-refractivity contribution in [1.29, 1.82) is 5.26 Å². The van der Waals surface area contributed by atoms with Crippen molar-refractivity contribution in [3.05, 3.63) is 53.2 Å². The summed E-state index contributed by atoms with van der Waals surface area (Å²) in [5.41, 5.74) is 2.63. The first-order valence-corrected chi connectivity index (χ1v) is 7.45. The minimum absolute atomic E-state index is 0.219. The third kappa shape index (κ3) is 4.55. The summed E-state index contributed by atoms with van der Waals surface area (Å²) in [6, 6.07) is 11.2. The van der Waals surface area contributed by atoms with Gasteiger partial charge in [-0.15, -0.1) is 0 Å². The number of hydrogen-bond acceptors (Lipinski definition) is 4. The maximum absolute atomic E-state index is 12.4. The van der Waals surface area contributed by atoms with Crippen LogP contribution in [0.25, 0.3) is 0 Å². The van der Waals surface area contributed by atoms with Gasteiger partial charge in [-0.2, -0.15) is 5.26 Å². The highest BCUT2D eigenvalue weighted by Crippen LogP contribution is 2.22. The molecule has 1 heterocycles. The van der Waals surface area contributed by atoms with Gasteiger partial charge in [-0.25, -0.2) is 4.98 Å². The normalized spacial score (nSPS) is 9.96. The van der Waals surface area contributed by atoms with Gasteiger partial charge in [0.05, 0.1) is 12.7 Å². The van der Waals surface area contributed by atoms with E-state index in [0.29, 0.717) is 36.6 Å². The largest absolute Gasteiger partial charge is 0.490 e. The van der Waals surface area contributed by atoms with Crippen LogP contribution in [0.1, 0.15) is 34.3 Å². The van der Waals surface area contributed by atoms with Crippen molar-refractivity contribution in [2.75, 3.05) is 11.9 Å². The first-order chi connectivity index (χ1) is 11.1. The molecule has 1 aromatic carbocycles. The molecule has 0 aliphatic heterocycles. The van der Waals surface area contributed by atoms with Crippen LogP contribution in [0.2, 0.25) is 0 Å². The summed E-state index contributed by atoms with van der Waals surface area (Å²) < 4.78 is 5.60. The van der Waals surface area contributed by atoms with E-state index in [1.807, 2.05) is 26.0 Å². The fraction of sp³-hybridized carbons (Fsp3) is 0.278. The number of benzene rings is 1. The molecule has 0 fully saturated rings. The van der Waals surface area contributed by atoms with Gasteiger partial charge >= 0.3 is 0 Å². The Morgan fingerprint density at radius 3 is 2.91 bits per heavy atom. The fourth-order valence-electron chi connectivity index (χ4n) is 2.18. The molecule has 0 atom stereocenters. The van der Waals surface area contributed by atoms with Crippen molar-refractivity contribution in [1.82, 2.24) is 4.98 Å². The van der Waals surface area contributed by atoms with Gasteiger partial charge in [-0.05, 0) is 44.0 Å². The van der Waals surface area contributed by atoms with Crippen LogP contribution in [-0.2, 0) is 0 Å². The molecule has 0 radical (unpaired) electrons. The lowest BCUT2D eigenvalue weighted by atomic mass is 10.1. The zero-order chi connectivity index (χ0) is 16.7. The number of hydrogen-bond donors (Lipinski definition) is 1. The van der Waals surface area contributed by atoms with Crippen molar-refractivity contribution in [3.63, 3.8) is 0 Å². The maximum Gasteiger partial charge on any atom is 0.257 e. The van der Waals surface area contributed by atoms with Gasteiger partial charge in [0.15, 0.2) is 11.6 Å². The Morgan fingerprint density at radius 2 is 2.17 bits per heavy atom.